The third-order valence-electron chi connectivity index (χ3n) is 5.01. The lowest BCUT2D eigenvalue weighted by atomic mass is 10.2. The molecule has 29 heavy (non-hydrogen) atoms. The van der Waals surface area contributed by atoms with Crippen molar-refractivity contribution in [3.05, 3.63) is 45.9 Å². The predicted molar refractivity (Wildman–Crippen MR) is 125 cm³/mol. The average Bonchev–Trinajstić information content (AvgIpc) is 3.23. The van der Waals surface area contributed by atoms with Crippen molar-refractivity contribution in [2.24, 2.45) is 4.99 Å². The van der Waals surface area contributed by atoms with Crippen molar-refractivity contribution >= 4 is 34.7 Å². The van der Waals surface area contributed by atoms with Crippen LogP contribution in [0.5, 0.6) is 0 Å². The Labute approximate surface area is 182 Å². The zero-order valence-electron chi connectivity index (χ0n) is 17.7. The number of hydrogen-bond acceptors (Lipinski definition) is 6. The maximum atomic E-state index is 5.35. The summed E-state index contributed by atoms with van der Waals surface area (Å²) in [7, 11) is 5.56. The van der Waals surface area contributed by atoms with Crippen LogP contribution >= 0.6 is 23.1 Å². The highest BCUT2D eigenvalue weighted by Gasteiger charge is 2.13. The van der Waals surface area contributed by atoms with Crippen LogP contribution in [0.1, 0.15) is 29.3 Å². The number of anilines is 1. The number of thiazole rings is 1. The molecule has 1 N–H and O–H groups in total. The maximum Gasteiger partial charge on any atom is 0.194 e. The monoisotopic (exact) mass is 433 g/mol. The van der Waals surface area contributed by atoms with Gasteiger partial charge in [0.15, 0.2) is 5.96 Å². The number of benzene rings is 1. The SMILES string of the molecule is CN=C(NCc1ccc(N2CCSCC2)cc1)N(C)Cc1csc(C(C)OC)n1. The topological polar surface area (TPSA) is 53.0 Å². The van der Waals surface area contributed by atoms with E-state index in [2.05, 4.69) is 54.7 Å². The van der Waals surface area contributed by atoms with Crippen LogP contribution in [0.25, 0.3) is 0 Å². The van der Waals surface area contributed by atoms with Gasteiger partial charge in [0, 0.05) is 63.4 Å². The number of aromatic nitrogens is 1. The number of thioether (sulfide) groups is 1. The molecule has 0 aliphatic carbocycles. The number of aliphatic imine (C=N–C) groups is 1. The van der Waals surface area contributed by atoms with E-state index in [4.69, 9.17) is 4.74 Å². The Hall–Kier alpha value is -1.77. The largest absolute Gasteiger partial charge is 0.375 e. The van der Waals surface area contributed by atoms with E-state index in [0.717, 1.165) is 36.3 Å². The molecule has 0 radical (unpaired) electrons. The van der Waals surface area contributed by atoms with E-state index >= 15 is 0 Å². The standard InChI is InChI=1S/C21H31N5OS2/c1-16(27-4)20-24-18(15-29-20)14-25(3)21(22-2)23-13-17-5-7-19(8-6-17)26-9-11-28-12-10-26/h5-8,15-16H,9-14H2,1-4H3,(H,22,23). The van der Waals surface area contributed by atoms with Crippen LogP contribution in [0.15, 0.2) is 34.6 Å². The Balaban J connectivity index is 1.52. The first-order valence-corrected chi connectivity index (χ1v) is 11.9. The minimum atomic E-state index is 0.0307. The van der Waals surface area contributed by atoms with Crippen molar-refractivity contribution in [1.29, 1.82) is 0 Å². The number of hydrogen-bond donors (Lipinski definition) is 1. The highest BCUT2D eigenvalue weighted by molar-refractivity contribution is 7.99. The first kappa shape index (κ1) is 21.9. The summed E-state index contributed by atoms with van der Waals surface area (Å²) in [5.41, 5.74) is 3.60. The minimum Gasteiger partial charge on any atom is -0.375 e. The lowest BCUT2D eigenvalue weighted by Crippen LogP contribution is -2.38. The van der Waals surface area contributed by atoms with Gasteiger partial charge in [-0.3, -0.25) is 4.99 Å². The fourth-order valence-electron chi connectivity index (χ4n) is 3.21. The van der Waals surface area contributed by atoms with Gasteiger partial charge in [0.05, 0.1) is 12.2 Å². The van der Waals surface area contributed by atoms with Crippen molar-refractivity contribution in [1.82, 2.24) is 15.2 Å². The van der Waals surface area contributed by atoms with E-state index in [1.165, 1.54) is 22.8 Å². The molecule has 1 aliphatic rings. The van der Waals surface area contributed by atoms with Gasteiger partial charge in [-0.05, 0) is 24.6 Å². The van der Waals surface area contributed by atoms with Crippen LogP contribution in [0.4, 0.5) is 5.69 Å². The molecule has 6 nitrogen and oxygen atoms in total. The second kappa shape index (κ2) is 10.8. The molecule has 0 amide bonds. The third-order valence-corrected chi connectivity index (χ3v) is 7.00. The molecule has 3 rings (SSSR count). The summed E-state index contributed by atoms with van der Waals surface area (Å²) in [6.07, 6.45) is 0.0307. The fraction of sp³-hybridized carbons (Fsp3) is 0.524. The molecule has 0 bridgehead atoms. The van der Waals surface area contributed by atoms with E-state index in [1.807, 2.05) is 32.8 Å². The Morgan fingerprint density at radius 3 is 2.69 bits per heavy atom. The minimum absolute atomic E-state index is 0.0307. The van der Waals surface area contributed by atoms with E-state index in [1.54, 1.807) is 18.4 Å². The highest BCUT2D eigenvalue weighted by atomic mass is 32.2. The number of rotatable bonds is 7. The number of guanidine groups is 1. The zero-order valence-corrected chi connectivity index (χ0v) is 19.4. The summed E-state index contributed by atoms with van der Waals surface area (Å²) >= 11 is 3.68. The van der Waals surface area contributed by atoms with Crippen molar-refractivity contribution < 1.29 is 4.74 Å². The van der Waals surface area contributed by atoms with Crippen molar-refractivity contribution in [3.8, 4) is 0 Å². The second-order valence-corrected chi connectivity index (χ2v) is 9.19. The van der Waals surface area contributed by atoms with Crippen LogP contribution in [0.3, 0.4) is 0 Å². The molecule has 1 saturated heterocycles. The van der Waals surface area contributed by atoms with Gasteiger partial charge in [-0.25, -0.2) is 4.98 Å². The Kier molecular flexibility index (Phi) is 8.20. The maximum absolute atomic E-state index is 5.35. The van der Waals surface area contributed by atoms with Crippen LogP contribution < -0.4 is 10.2 Å². The molecule has 2 aromatic rings. The van der Waals surface area contributed by atoms with Gasteiger partial charge in [0.2, 0.25) is 0 Å². The molecular formula is C21H31N5OS2. The van der Waals surface area contributed by atoms with Crippen LogP contribution in [0, 0.1) is 0 Å². The normalized spacial score (nSPS) is 16.0. The van der Waals surface area contributed by atoms with Crippen LogP contribution in [-0.2, 0) is 17.8 Å². The predicted octanol–water partition coefficient (Wildman–Crippen LogP) is 3.61. The number of nitrogens with zero attached hydrogens (tertiary/aromatic N) is 4. The molecule has 1 aliphatic heterocycles. The Bertz CT molecular complexity index is 787. The lowest BCUT2D eigenvalue weighted by Gasteiger charge is -2.28. The summed E-state index contributed by atoms with van der Waals surface area (Å²) in [4.78, 5) is 13.7. The molecule has 158 valence electrons. The second-order valence-electron chi connectivity index (χ2n) is 7.08. The average molecular weight is 434 g/mol. The molecule has 0 spiro atoms. The molecule has 1 aromatic heterocycles. The summed E-state index contributed by atoms with van der Waals surface area (Å²) in [5, 5.41) is 6.55. The zero-order chi connectivity index (χ0) is 20.6. The van der Waals surface area contributed by atoms with Crippen molar-refractivity contribution in [2.75, 3.05) is 50.7 Å². The number of ether oxygens (including phenoxy) is 1. The summed E-state index contributed by atoms with van der Waals surface area (Å²) < 4.78 is 5.35. The van der Waals surface area contributed by atoms with Crippen molar-refractivity contribution in [3.63, 3.8) is 0 Å². The Morgan fingerprint density at radius 2 is 2.03 bits per heavy atom. The van der Waals surface area contributed by atoms with Crippen LogP contribution in [0.2, 0.25) is 0 Å². The van der Waals surface area contributed by atoms with Crippen molar-refractivity contribution in [2.45, 2.75) is 26.1 Å². The first-order valence-electron chi connectivity index (χ1n) is 9.91. The van der Waals surface area contributed by atoms with Crippen LogP contribution in [-0.4, -0.2) is 61.6 Å². The van der Waals surface area contributed by atoms with Gasteiger partial charge >= 0.3 is 0 Å². The lowest BCUT2D eigenvalue weighted by molar-refractivity contribution is 0.119. The van der Waals surface area contributed by atoms with Gasteiger partial charge in [-0.15, -0.1) is 11.3 Å². The van der Waals surface area contributed by atoms with E-state index < -0.39 is 0 Å². The molecule has 0 saturated carbocycles. The van der Waals surface area contributed by atoms with Gasteiger partial charge in [-0.2, -0.15) is 11.8 Å². The number of methoxy groups -OCH3 is 1. The van der Waals surface area contributed by atoms with Gasteiger partial charge in [0.25, 0.3) is 0 Å². The van der Waals surface area contributed by atoms with E-state index in [9.17, 15) is 0 Å². The highest BCUT2D eigenvalue weighted by Crippen LogP contribution is 2.21. The first-order chi connectivity index (χ1) is 14.1. The molecule has 1 aromatic carbocycles. The molecule has 2 heterocycles. The summed E-state index contributed by atoms with van der Waals surface area (Å²) in [6.45, 7) is 5.75. The molecule has 8 heteroatoms. The summed E-state index contributed by atoms with van der Waals surface area (Å²) in [5.74, 6) is 3.30. The Morgan fingerprint density at radius 1 is 1.31 bits per heavy atom. The van der Waals surface area contributed by atoms with Gasteiger partial charge in [0.1, 0.15) is 11.1 Å². The summed E-state index contributed by atoms with van der Waals surface area (Å²) in [6, 6.07) is 8.87. The number of nitrogens with one attached hydrogen (secondary N) is 1. The van der Waals surface area contributed by atoms with E-state index in [-0.39, 0.29) is 6.10 Å². The fourth-order valence-corrected chi connectivity index (χ4v) is 4.96. The molecule has 1 fully saturated rings. The quantitative estimate of drug-likeness (QED) is 0.532. The van der Waals surface area contributed by atoms with Gasteiger partial charge < -0.3 is 19.9 Å². The molecule has 1 atom stereocenters. The third kappa shape index (κ3) is 6.10. The molecule has 1 unspecified atom stereocenters. The smallest absolute Gasteiger partial charge is 0.194 e. The molecular weight excluding hydrogens is 402 g/mol. The van der Waals surface area contributed by atoms with Gasteiger partial charge in [-0.1, -0.05) is 12.1 Å². The van der Waals surface area contributed by atoms with E-state index in [0.29, 0.717) is 6.54 Å².